The summed E-state index contributed by atoms with van der Waals surface area (Å²) in [5.74, 6) is -0.288. The molecule has 0 aliphatic carbocycles. The lowest BCUT2D eigenvalue weighted by Gasteiger charge is -2.11. The van der Waals surface area contributed by atoms with E-state index in [1.54, 1.807) is 28.8 Å². The van der Waals surface area contributed by atoms with Crippen LogP contribution < -0.4 is 15.7 Å². The highest BCUT2D eigenvalue weighted by molar-refractivity contribution is 5.90. The Morgan fingerprint density at radius 2 is 1.79 bits per heavy atom. The second-order valence-electron chi connectivity index (χ2n) is 8.64. The van der Waals surface area contributed by atoms with Crippen molar-refractivity contribution in [1.82, 2.24) is 24.5 Å². The average molecular weight is 509 g/mol. The Labute approximate surface area is 215 Å². The summed E-state index contributed by atoms with van der Waals surface area (Å²) >= 11 is 0. The summed E-state index contributed by atoms with van der Waals surface area (Å²) in [7, 11) is 0. The second-order valence-corrected chi connectivity index (χ2v) is 8.64. The van der Waals surface area contributed by atoms with Gasteiger partial charge in [0.05, 0.1) is 11.3 Å². The Balaban J connectivity index is 1.30. The van der Waals surface area contributed by atoms with Crippen LogP contribution in [-0.4, -0.2) is 37.0 Å². The molecule has 0 bridgehead atoms. The van der Waals surface area contributed by atoms with Crippen LogP contribution in [0.25, 0.3) is 38.6 Å². The number of rotatable bonds is 6. The third-order valence-corrected chi connectivity index (χ3v) is 6.27. The molecule has 10 heteroatoms. The van der Waals surface area contributed by atoms with Crippen LogP contribution in [0.2, 0.25) is 0 Å². The van der Waals surface area contributed by atoms with E-state index in [9.17, 15) is 14.0 Å². The number of carbonyl (C=O) groups is 1. The van der Waals surface area contributed by atoms with Gasteiger partial charge in [0.25, 0.3) is 11.5 Å². The smallest absolute Gasteiger partial charge is 0.299 e. The first-order chi connectivity index (χ1) is 18.5. The summed E-state index contributed by atoms with van der Waals surface area (Å²) < 4.78 is 21.8. The van der Waals surface area contributed by atoms with Crippen LogP contribution in [0.5, 0.6) is 5.75 Å². The molecule has 0 atom stereocenters. The van der Waals surface area contributed by atoms with Crippen LogP contribution in [0.4, 0.5) is 4.39 Å². The van der Waals surface area contributed by atoms with E-state index in [0.29, 0.717) is 23.3 Å². The van der Waals surface area contributed by atoms with Crippen molar-refractivity contribution >= 4 is 33.4 Å². The van der Waals surface area contributed by atoms with Gasteiger partial charge in [-0.05, 0) is 41.6 Å². The maximum atomic E-state index is 13.5. The van der Waals surface area contributed by atoms with Gasteiger partial charge in [-0.2, -0.15) is 5.10 Å². The van der Waals surface area contributed by atoms with E-state index in [1.165, 1.54) is 18.3 Å². The molecule has 3 aromatic heterocycles. The van der Waals surface area contributed by atoms with E-state index in [1.807, 2.05) is 43.3 Å². The molecule has 9 nitrogen and oxygen atoms in total. The molecule has 3 aromatic carbocycles. The molecular formula is C28H21FN6O3. The predicted octanol–water partition coefficient (Wildman–Crippen LogP) is 4.11. The zero-order chi connectivity index (χ0) is 26.2. The van der Waals surface area contributed by atoms with Crippen molar-refractivity contribution in [2.75, 3.05) is 12.0 Å². The van der Waals surface area contributed by atoms with Gasteiger partial charge in [0.1, 0.15) is 17.1 Å². The molecule has 38 heavy (non-hydrogen) atoms. The fourth-order valence-corrected chi connectivity index (χ4v) is 4.47. The summed E-state index contributed by atoms with van der Waals surface area (Å²) in [5.41, 5.74) is 5.10. The maximum absolute atomic E-state index is 13.5. The van der Waals surface area contributed by atoms with E-state index >= 15 is 0 Å². The molecule has 0 unspecified atom stereocenters. The molecule has 0 spiro atoms. The molecule has 0 aliphatic heterocycles. The summed E-state index contributed by atoms with van der Waals surface area (Å²) in [6, 6.07) is 21.0. The van der Waals surface area contributed by atoms with Gasteiger partial charge in [0, 0.05) is 11.6 Å². The van der Waals surface area contributed by atoms with Crippen molar-refractivity contribution in [2.45, 2.75) is 13.3 Å². The lowest BCUT2D eigenvalue weighted by Crippen LogP contribution is -2.35. The summed E-state index contributed by atoms with van der Waals surface area (Å²) in [6.45, 7) is 1.66. The molecule has 0 aliphatic rings. The number of hydrogen-bond acceptors (Lipinski definition) is 6. The molecule has 0 saturated heterocycles. The number of pyridine rings is 1. The third kappa shape index (κ3) is 4.01. The van der Waals surface area contributed by atoms with Crippen molar-refractivity contribution in [2.24, 2.45) is 0 Å². The maximum Gasteiger partial charge on any atom is 0.299 e. The fourth-order valence-electron chi connectivity index (χ4n) is 4.47. The van der Waals surface area contributed by atoms with Gasteiger partial charge in [-0.25, -0.2) is 13.6 Å². The van der Waals surface area contributed by atoms with Gasteiger partial charge >= 0.3 is 0 Å². The Morgan fingerprint density at radius 3 is 2.61 bits per heavy atom. The molecule has 3 heterocycles. The minimum Gasteiger partial charge on any atom is -0.483 e. The fraction of sp³-hybridized carbons (Fsp3) is 0.107. The molecular weight excluding hydrogens is 487 g/mol. The van der Waals surface area contributed by atoms with Gasteiger partial charge in [-0.1, -0.05) is 55.5 Å². The summed E-state index contributed by atoms with van der Waals surface area (Å²) in [6.07, 6.45) is 2.04. The van der Waals surface area contributed by atoms with Crippen molar-refractivity contribution < 1.29 is 13.9 Å². The molecule has 1 amide bonds. The van der Waals surface area contributed by atoms with Crippen LogP contribution in [0.3, 0.4) is 0 Å². The summed E-state index contributed by atoms with van der Waals surface area (Å²) in [5, 5.41) is 14.9. The van der Waals surface area contributed by atoms with E-state index in [0.717, 1.165) is 32.3 Å². The van der Waals surface area contributed by atoms with Gasteiger partial charge < -0.3 is 4.74 Å². The van der Waals surface area contributed by atoms with E-state index in [2.05, 4.69) is 20.7 Å². The lowest BCUT2D eigenvalue weighted by molar-refractivity contribution is -0.119. The Bertz CT molecular complexity index is 1890. The van der Waals surface area contributed by atoms with Crippen molar-refractivity contribution in [3.63, 3.8) is 0 Å². The SMILES string of the molecule is CCc1nn2c(nnc3c(=O)n(NC(=O)COc4cccc5ccccc45)ccc32)c1-c1ccc(F)cc1. The number of aromatic nitrogens is 5. The standard InChI is InChI=1S/C28H21FN6O3/c1-2-21-25(18-10-12-19(29)13-11-18)27-31-30-26-22(35(27)32-21)14-15-34(28(26)37)33-24(36)16-38-23-9-5-7-17-6-3-4-8-20(17)23/h3-15H,2,16H2,1H3,(H,33,36). The van der Waals surface area contributed by atoms with Crippen LogP contribution in [0.15, 0.2) is 83.8 Å². The van der Waals surface area contributed by atoms with Crippen LogP contribution in [0.1, 0.15) is 12.6 Å². The zero-order valence-electron chi connectivity index (χ0n) is 20.3. The van der Waals surface area contributed by atoms with Crippen molar-refractivity contribution in [1.29, 1.82) is 0 Å². The van der Waals surface area contributed by atoms with Crippen LogP contribution in [-0.2, 0) is 11.2 Å². The lowest BCUT2D eigenvalue weighted by atomic mass is 10.0. The van der Waals surface area contributed by atoms with E-state index < -0.39 is 11.5 Å². The quantitative estimate of drug-likeness (QED) is 0.363. The Hall–Kier alpha value is -5.12. The highest BCUT2D eigenvalue weighted by Gasteiger charge is 2.19. The van der Waals surface area contributed by atoms with Gasteiger partial charge in [0.2, 0.25) is 0 Å². The predicted molar refractivity (Wildman–Crippen MR) is 141 cm³/mol. The normalized spacial score (nSPS) is 11.3. The minimum atomic E-state index is -0.563. The minimum absolute atomic E-state index is 0.0334. The van der Waals surface area contributed by atoms with Gasteiger partial charge in [0.15, 0.2) is 17.8 Å². The van der Waals surface area contributed by atoms with Crippen LogP contribution in [0, 0.1) is 5.82 Å². The highest BCUT2D eigenvalue weighted by Crippen LogP contribution is 2.29. The molecule has 6 aromatic rings. The number of hydrogen-bond donors (Lipinski definition) is 1. The number of ether oxygens (including phenoxy) is 1. The second kappa shape index (κ2) is 9.40. The zero-order valence-corrected chi connectivity index (χ0v) is 20.3. The summed E-state index contributed by atoms with van der Waals surface area (Å²) in [4.78, 5) is 25.8. The third-order valence-electron chi connectivity index (χ3n) is 6.27. The number of carbonyl (C=O) groups excluding carboxylic acids is 1. The number of nitrogens with one attached hydrogen (secondary N) is 1. The molecule has 188 valence electrons. The van der Waals surface area contributed by atoms with Crippen LogP contribution >= 0.6 is 0 Å². The highest BCUT2D eigenvalue weighted by atomic mass is 19.1. The monoisotopic (exact) mass is 508 g/mol. The van der Waals surface area contributed by atoms with E-state index in [4.69, 9.17) is 4.74 Å². The molecule has 0 fully saturated rings. The number of aryl methyl sites for hydroxylation is 1. The number of nitrogens with zero attached hydrogens (tertiary/aromatic N) is 5. The van der Waals surface area contributed by atoms with Gasteiger partial charge in [-0.15, -0.1) is 10.2 Å². The number of amides is 1. The van der Waals surface area contributed by atoms with E-state index in [-0.39, 0.29) is 17.9 Å². The van der Waals surface area contributed by atoms with Crippen molar-refractivity contribution in [3.8, 4) is 16.9 Å². The topological polar surface area (TPSA) is 103 Å². The Kier molecular flexibility index (Phi) is 5.76. The first-order valence-corrected chi connectivity index (χ1v) is 12.0. The molecule has 1 N–H and O–H groups in total. The Morgan fingerprint density at radius 1 is 1.00 bits per heavy atom. The number of fused-ring (bicyclic) bond motifs is 4. The van der Waals surface area contributed by atoms with Crippen molar-refractivity contribution in [3.05, 3.63) is 101 Å². The molecule has 0 radical (unpaired) electrons. The first kappa shape index (κ1) is 23.3. The number of halogens is 1. The molecule has 0 saturated carbocycles. The molecule has 6 rings (SSSR count). The number of benzene rings is 3. The largest absolute Gasteiger partial charge is 0.483 e. The first-order valence-electron chi connectivity index (χ1n) is 12.0. The average Bonchev–Trinajstić information content (AvgIpc) is 3.33. The van der Waals surface area contributed by atoms with Gasteiger partial charge in [-0.3, -0.25) is 15.0 Å².